The van der Waals surface area contributed by atoms with Gasteiger partial charge in [-0.25, -0.2) is 9.78 Å². The van der Waals surface area contributed by atoms with Gasteiger partial charge in [0.15, 0.2) is 0 Å². The van der Waals surface area contributed by atoms with Crippen molar-refractivity contribution < 1.29 is 19.1 Å². The molecular weight excluding hydrogens is 324 g/mol. The molecule has 0 bridgehead atoms. The second-order valence-electron chi connectivity index (χ2n) is 5.01. The Balaban J connectivity index is 1.96. The SMILES string of the molecule is CCOC(=O)C(=O)Nc1ccc(NCc2ccc(OC)cc2)nc1N. The van der Waals surface area contributed by atoms with Crippen LogP contribution < -0.4 is 21.1 Å². The number of ether oxygens (including phenoxy) is 2. The van der Waals surface area contributed by atoms with Gasteiger partial charge in [-0.05, 0) is 36.8 Å². The van der Waals surface area contributed by atoms with Crippen LogP contribution in [0.5, 0.6) is 5.75 Å². The molecule has 1 heterocycles. The molecule has 8 heteroatoms. The molecule has 2 aromatic rings. The van der Waals surface area contributed by atoms with Crippen LogP contribution in [0, 0.1) is 0 Å². The molecule has 0 saturated heterocycles. The van der Waals surface area contributed by atoms with Gasteiger partial charge in [-0.15, -0.1) is 0 Å². The zero-order valence-corrected chi connectivity index (χ0v) is 14.0. The maximum absolute atomic E-state index is 11.6. The molecule has 1 amide bonds. The lowest BCUT2D eigenvalue weighted by Gasteiger charge is -2.10. The summed E-state index contributed by atoms with van der Waals surface area (Å²) in [5, 5.41) is 5.49. The Hall–Kier alpha value is -3.29. The Morgan fingerprint density at radius 1 is 1.16 bits per heavy atom. The monoisotopic (exact) mass is 344 g/mol. The number of rotatable bonds is 6. The molecule has 0 unspecified atom stereocenters. The molecule has 4 N–H and O–H groups in total. The summed E-state index contributed by atoms with van der Waals surface area (Å²) in [6, 6.07) is 10.8. The van der Waals surface area contributed by atoms with Gasteiger partial charge in [0.1, 0.15) is 17.4 Å². The zero-order valence-electron chi connectivity index (χ0n) is 14.0. The summed E-state index contributed by atoms with van der Waals surface area (Å²) in [7, 11) is 1.61. The van der Waals surface area contributed by atoms with E-state index in [0.29, 0.717) is 12.4 Å². The van der Waals surface area contributed by atoms with Crippen molar-refractivity contribution in [2.45, 2.75) is 13.5 Å². The number of aromatic nitrogens is 1. The van der Waals surface area contributed by atoms with Crippen LogP contribution in [0.3, 0.4) is 0 Å². The van der Waals surface area contributed by atoms with Crippen LogP contribution in [-0.4, -0.2) is 30.6 Å². The lowest BCUT2D eigenvalue weighted by atomic mass is 10.2. The summed E-state index contributed by atoms with van der Waals surface area (Å²) in [6.45, 7) is 2.28. The Kier molecular flexibility index (Phi) is 6.16. The predicted molar refractivity (Wildman–Crippen MR) is 94.2 cm³/mol. The van der Waals surface area contributed by atoms with Crippen LogP contribution in [0.15, 0.2) is 36.4 Å². The average molecular weight is 344 g/mol. The number of hydrogen-bond donors (Lipinski definition) is 3. The largest absolute Gasteiger partial charge is 0.497 e. The molecule has 8 nitrogen and oxygen atoms in total. The van der Waals surface area contributed by atoms with Crippen molar-refractivity contribution in [2.24, 2.45) is 0 Å². The second-order valence-corrected chi connectivity index (χ2v) is 5.01. The van der Waals surface area contributed by atoms with Crippen molar-refractivity contribution in [1.82, 2.24) is 4.98 Å². The summed E-state index contributed by atoms with van der Waals surface area (Å²) in [5.41, 5.74) is 7.10. The van der Waals surface area contributed by atoms with Gasteiger partial charge >= 0.3 is 11.9 Å². The third-order valence-electron chi connectivity index (χ3n) is 3.27. The van der Waals surface area contributed by atoms with Crippen molar-refractivity contribution in [1.29, 1.82) is 0 Å². The molecule has 0 atom stereocenters. The number of pyridine rings is 1. The lowest BCUT2D eigenvalue weighted by molar-refractivity contribution is -0.152. The predicted octanol–water partition coefficient (Wildman–Crippen LogP) is 1.79. The molecule has 0 aliphatic carbocycles. The third kappa shape index (κ3) is 5.10. The summed E-state index contributed by atoms with van der Waals surface area (Å²) in [6.07, 6.45) is 0. The molecule has 25 heavy (non-hydrogen) atoms. The van der Waals surface area contributed by atoms with Crippen molar-refractivity contribution in [3.63, 3.8) is 0 Å². The summed E-state index contributed by atoms with van der Waals surface area (Å²) in [5.74, 6) is -0.439. The van der Waals surface area contributed by atoms with E-state index in [0.717, 1.165) is 11.3 Å². The zero-order chi connectivity index (χ0) is 18.2. The molecule has 0 aliphatic rings. The van der Waals surface area contributed by atoms with Crippen LogP contribution in [0.2, 0.25) is 0 Å². The van der Waals surface area contributed by atoms with Crippen LogP contribution in [0.1, 0.15) is 12.5 Å². The normalized spacial score (nSPS) is 10.0. The van der Waals surface area contributed by atoms with E-state index in [1.54, 1.807) is 26.2 Å². The molecule has 132 valence electrons. The van der Waals surface area contributed by atoms with Gasteiger partial charge in [-0.1, -0.05) is 12.1 Å². The van der Waals surface area contributed by atoms with Crippen LogP contribution >= 0.6 is 0 Å². The minimum absolute atomic E-state index is 0.0948. The molecular formula is C17H20N4O4. The smallest absolute Gasteiger partial charge is 0.397 e. The highest BCUT2D eigenvalue weighted by molar-refractivity contribution is 6.37. The second kappa shape index (κ2) is 8.53. The fourth-order valence-corrected chi connectivity index (χ4v) is 1.99. The van der Waals surface area contributed by atoms with E-state index >= 15 is 0 Å². The highest BCUT2D eigenvalue weighted by atomic mass is 16.5. The van der Waals surface area contributed by atoms with Gasteiger partial charge in [-0.2, -0.15) is 0 Å². The molecule has 0 saturated carbocycles. The Morgan fingerprint density at radius 2 is 1.88 bits per heavy atom. The van der Waals surface area contributed by atoms with Crippen molar-refractivity contribution >= 4 is 29.2 Å². The number of anilines is 3. The number of nitrogens with one attached hydrogen (secondary N) is 2. The van der Waals surface area contributed by atoms with E-state index in [1.165, 1.54) is 0 Å². The van der Waals surface area contributed by atoms with E-state index in [4.69, 9.17) is 10.5 Å². The quantitative estimate of drug-likeness (QED) is 0.540. The number of carbonyl (C=O) groups excluding carboxylic acids is 2. The average Bonchev–Trinajstić information content (AvgIpc) is 2.62. The van der Waals surface area contributed by atoms with Gasteiger partial charge in [0.05, 0.1) is 19.4 Å². The molecule has 1 aromatic heterocycles. The first kappa shape index (κ1) is 18.1. The number of hydrogen-bond acceptors (Lipinski definition) is 7. The number of carbonyl (C=O) groups is 2. The summed E-state index contributed by atoms with van der Waals surface area (Å²) < 4.78 is 9.72. The number of esters is 1. The van der Waals surface area contributed by atoms with E-state index in [9.17, 15) is 9.59 Å². The number of nitrogen functional groups attached to an aromatic ring is 1. The van der Waals surface area contributed by atoms with E-state index in [2.05, 4.69) is 20.4 Å². The Morgan fingerprint density at radius 3 is 2.48 bits per heavy atom. The van der Waals surface area contributed by atoms with Crippen LogP contribution in [0.4, 0.5) is 17.3 Å². The first-order valence-electron chi connectivity index (χ1n) is 7.65. The number of nitrogens with zero attached hydrogens (tertiary/aromatic N) is 1. The van der Waals surface area contributed by atoms with E-state index < -0.39 is 11.9 Å². The molecule has 0 fully saturated rings. The van der Waals surface area contributed by atoms with Crippen molar-refractivity contribution in [3.8, 4) is 5.75 Å². The molecule has 0 aliphatic heterocycles. The van der Waals surface area contributed by atoms with E-state index in [-0.39, 0.29) is 18.1 Å². The number of methoxy groups -OCH3 is 1. The maximum atomic E-state index is 11.6. The van der Waals surface area contributed by atoms with Crippen LogP contribution in [0.25, 0.3) is 0 Å². The number of nitrogens with two attached hydrogens (primary N) is 1. The van der Waals surface area contributed by atoms with Gasteiger partial charge in [0.25, 0.3) is 0 Å². The number of amides is 1. The maximum Gasteiger partial charge on any atom is 0.397 e. The topological polar surface area (TPSA) is 116 Å². The standard InChI is InChI=1S/C17H20N4O4/c1-3-25-17(23)16(22)20-13-8-9-14(21-15(13)18)19-10-11-4-6-12(24-2)7-5-11/h4-9H,3,10H2,1-2H3,(H,20,22)(H3,18,19,21). The van der Waals surface area contributed by atoms with E-state index in [1.807, 2.05) is 24.3 Å². The highest BCUT2D eigenvalue weighted by Crippen LogP contribution is 2.19. The first-order chi connectivity index (χ1) is 12.0. The molecule has 1 aromatic carbocycles. The van der Waals surface area contributed by atoms with Crippen molar-refractivity contribution in [2.75, 3.05) is 30.1 Å². The highest BCUT2D eigenvalue weighted by Gasteiger charge is 2.16. The van der Waals surface area contributed by atoms with Gasteiger partial charge in [-0.3, -0.25) is 4.79 Å². The lowest BCUT2D eigenvalue weighted by Crippen LogP contribution is -2.25. The fraction of sp³-hybridized carbons (Fsp3) is 0.235. The number of benzene rings is 1. The van der Waals surface area contributed by atoms with Gasteiger partial charge < -0.3 is 25.8 Å². The summed E-state index contributed by atoms with van der Waals surface area (Å²) >= 11 is 0. The Bertz CT molecular complexity index is 747. The molecule has 2 rings (SSSR count). The third-order valence-corrected chi connectivity index (χ3v) is 3.27. The fourth-order valence-electron chi connectivity index (χ4n) is 1.99. The minimum Gasteiger partial charge on any atom is -0.497 e. The molecule has 0 radical (unpaired) electrons. The van der Waals surface area contributed by atoms with Gasteiger partial charge in [0, 0.05) is 6.54 Å². The van der Waals surface area contributed by atoms with Gasteiger partial charge in [0.2, 0.25) is 0 Å². The minimum atomic E-state index is -0.969. The summed E-state index contributed by atoms with van der Waals surface area (Å²) in [4.78, 5) is 27.1. The first-order valence-corrected chi connectivity index (χ1v) is 7.65. The molecule has 0 spiro atoms. The van der Waals surface area contributed by atoms with Crippen LogP contribution in [-0.2, 0) is 20.9 Å². The Labute approximate surface area is 145 Å². The van der Waals surface area contributed by atoms with Crippen molar-refractivity contribution in [3.05, 3.63) is 42.0 Å².